The maximum Gasteiger partial charge on any atom is 0.257 e. The fourth-order valence-corrected chi connectivity index (χ4v) is 4.88. The Morgan fingerprint density at radius 2 is 1.83 bits per heavy atom. The van der Waals surface area contributed by atoms with Crippen molar-refractivity contribution in [1.82, 2.24) is 4.57 Å². The van der Waals surface area contributed by atoms with Gasteiger partial charge in [-0.25, -0.2) is 21.6 Å². The molecule has 2 N–H and O–H groups in total. The van der Waals surface area contributed by atoms with Crippen LogP contribution in [0.2, 0.25) is 5.02 Å². The summed E-state index contributed by atoms with van der Waals surface area (Å²) in [5.74, 6) is -4.25. The molecule has 186 valence electrons. The van der Waals surface area contributed by atoms with Crippen LogP contribution in [0.4, 0.5) is 24.5 Å². The van der Waals surface area contributed by atoms with Crippen LogP contribution in [-0.4, -0.2) is 30.6 Å². The number of carbonyl (C=O) groups is 1. The minimum atomic E-state index is -3.53. The average molecular weight is 526 g/mol. The summed E-state index contributed by atoms with van der Waals surface area (Å²) in [6, 6.07) is 10.3. The lowest BCUT2D eigenvalue weighted by molar-refractivity contribution is -0.0868. The van der Waals surface area contributed by atoms with E-state index in [2.05, 4.69) is 10.0 Å². The first-order valence-electron chi connectivity index (χ1n) is 10.8. The molecule has 1 aliphatic carbocycles. The maximum absolute atomic E-state index is 14.9. The standard InChI is InChI=1S/C24H23ClF3N3O3S/c1-3-35(33,34)30-19-9-17(25)8-18(10-19)29-23(32)15-7-22(31(2)13-15)20-5-4-14(6-21(20)26)16-11-24(27,28)12-16/h4-10,13,16,30H,3,11-12H2,1-2H3,(H,29,32). The van der Waals surface area contributed by atoms with Crippen molar-refractivity contribution in [3.8, 4) is 11.3 Å². The minimum absolute atomic E-state index is 0.126. The molecule has 0 spiro atoms. The summed E-state index contributed by atoms with van der Waals surface area (Å²) in [4.78, 5) is 12.8. The van der Waals surface area contributed by atoms with Crippen molar-refractivity contribution in [1.29, 1.82) is 0 Å². The van der Waals surface area contributed by atoms with E-state index in [4.69, 9.17) is 11.6 Å². The lowest BCUT2D eigenvalue weighted by atomic mass is 9.76. The highest BCUT2D eigenvalue weighted by molar-refractivity contribution is 7.92. The van der Waals surface area contributed by atoms with Crippen molar-refractivity contribution in [2.45, 2.75) is 31.6 Å². The van der Waals surface area contributed by atoms with Gasteiger partial charge in [0.1, 0.15) is 5.82 Å². The highest BCUT2D eigenvalue weighted by Crippen LogP contribution is 2.48. The average Bonchev–Trinajstić information content (AvgIpc) is 3.12. The van der Waals surface area contributed by atoms with Crippen LogP contribution >= 0.6 is 11.6 Å². The molecule has 0 unspecified atom stereocenters. The third-order valence-corrected chi connectivity index (χ3v) is 7.43. The Morgan fingerprint density at radius 1 is 1.14 bits per heavy atom. The zero-order chi connectivity index (χ0) is 25.5. The highest BCUT2D eigenvalue weighted by Gasteiger charge is 2.45. The van der Waals surface area contributed by atoms with Crippen LogP contribution in [-0.2, 0) is 17.1 Å². The van der Waals surface area contributed by atoms with Gasteiger partial charge in [0.15, 0.2) is 0 Å². The van der Waals surface area contributed by atoms with E-state index in [1.165, 1.54) is 49.5 Å². The van der Waals surface area contributed by atoms with Gasteiger partial charge in [-0.1, -0.05) is 17.7 Å². The van der Waals surface area contributed by atoms with Gasteiger partial charge in [0.2, 0.25) is 15.9 Å². The molecule has 2 aromatic carbocycles. The van der Waals surface area contributed by atoms with E-state index >= 15 is 0 Å². The highest BCUT2D eigenvalue weighted by atomic mass is 35.5. The molecule has 1 fully saturated rings. The molecule has 0 saturated heterocycles. The fraction of sp³-hybridized carbons (Fsp3) is 0.292. The number of nitrogens with zero attached hydrogens (tertiary/aromatic N) is 1. The molecule has 3 aromatic rings. The molecule has 35 heavy (non-hydrogen) atoms. The first kappa shape index (κ1) is 25.1. The molecule has 0 aliphatic heterocycles. The summed E-state index contributed by atoms with van der Waals surface area (Å²) in [5.41, 5.74) is 1.91. The number of alkyl halides is 2. The zero-order valence-corrected chi connectivity index (χ0v) is 20.5. The Hall–Kier alpha value is -2.98. The Morgan fingerprint density at radius 3 is 2.46 bits per heavy atom. The molecule has 11 heteroatoms. The van der Waals surface area contributed by atoms with Crippen molar-refractivity contribution in [3.05, 3.63) is 70.6 Å². The number of rotatable bonds is 7. The minimum Gasteiger partial charge on any atom is -0.350 e. The second kappa shape index (κ2) is 9.23. The number of hydrogen-bond acceptors (Lipinski definition) is 3. The SMILES string of the molecule is CCS(=O)(=O)Nc1cc(Cl)cc(NC(=O)c2cc(-c3ccc(C4CC(F)(F)C4)cc3F)n(C)c2)c1. The Balaban J connectivity index is 1.53. The third-order valence-electron chi connectivity index (χ3n) is 5.91. The summed E-state index contributed by atoms with van der Waals surface area (Å²) >= 11 is 6.07. The summed E-state index contributed by atoms with van der Waals surface area (Å²) in [7, 11) is -1.88. The molecule has 1 saturated carbocycles. The van der Waals surface area contributed by atoms with Crippen molar-refractivity contribution < 1.29 is 26.4 Å². The number of aryl methyl sites for hydroxylation is 1. The van der Waals surface area contributed by atoms with E-state index in [0.717, 1.165) is 0 Å². The van der Waals surface area contributed by atoms with Gasteiger partial charge < -0.3 is 9.88 Å². The van der Waals surface area contributed by atoms with E-state index in [-0.39, 0.29) is 52.0 Å². The van der Waals surface area contributed by atoms with Gasteiger partial charge in [-0.2, -0.15) is 0 Å². The summed E-state index contributed by atoms with van der Waals surface area (Å²) in [6.45, 7) is 1.49. The van der Waals surface area contributed by atoms with Crippen molar-refractivity contribution >= 4 is 38.9 Å². The number of anilines is 2. The molecule has 1 aliphatic rings. The monoisotopic (exact) mass is 525 g/mol. The van der Waals surface area contributed by atoms with E-state index in [1.54, 1.807) is 17.7 Å². The molecule has 1 amide bonds. The van der Waals surface area contributed by atoms with Crippen LogP contribution in [0.15, 0.2) is 48.7 Å². The van der Waals surface area contributed by atoms with Crippen molar-refractivity contribution in [2.75, 3.05) is 15.8 Å². The smallest absolute Gasteiger partial charge is 0.257 e. The molecular formula is C24H23ClF3N3O3S. The topological polar surface area (TPSA) is 80.2 Å². The number of amides is 1. The Labute approximate surface area is 206 Å². The van der Waals surface area contributed by atoms with E-state index in [9.17, 15) is 26.4 Å². The van der Waals surface area contributed by atoms with Crippen LogP contribution in [0.3, 0.4) is 0 Å². The van der Waals surface area contributed by atoms with Gasteiger partial charge in [-0.05, 0) is 54.8 Å². The normalized spacial score (nSPS) is 15.5. The number of hydrogen-bond donors (Lipinski definition) is 2. The number of nitrogens with one attached hydrogen (secondary N) is 2. The predicted molar refractivity (Wildman–Crippen MR) is 130 cm³/mol. The van der Waals surface area contributed by atoms with Crippen LogP contribution in [0.1, 0.15) is 41.6 Å². The molecule has 0 atom stereocenters. The van der Waals surface area contributed by atoms with E-state index < -0.39 is 27.7 Å². The second-order valence-corrected chi connectivity index (χ2v) is 11.1. The van der Waals surface area contributed by atoms with E-state index in [0.29, 0.717) is 11.3 Å². The molecular weight excluding hydrogens is 503 g/mol. The lowest BCUT2D eigenvalue weighted by Crippen LogP contribution is -2.33. The third kappa shape index (κ3) is 5.65. The number of sulfonamides is 1. The number of carbonyl (C=O) groups excluding carboxylic acids is 1. The van der Waals surface area contributed by atoms with E-state index in [1.807, 2.05) is 0 Å². The first-order valence-corrected chi connectivity index (χ1v) is 12.9. The van der Waals surface area contributed by atoms with Crippen molar-refractivity contribution in [2.24, 2.45) is 7.05 Å². The molecule has 6 nitrogen and oxygen atoms in total. The quantitative estimate of drug-likeness (QED) is 0.396. The maximum atomic E-state index is 14.9. The zero-order valence-electron chi connectivity index (χ0n) is 18.9. The van der Waals surface area contributed by atoms with Crippen molar-refractivity contribution in [3.63, 3.8) is 0 Å². The number of aromatic nitrogens is 1. The van der Waals surface area contributed by atoms with Gasteiger partial charge in [-0.3, -0.25) is 9.52 Å². The predicted octanol–water partition coefficient (Wildman–Crippen LogP) is 6.01. The lowest BCUT2D eigenvalue weighted by Gasteiger charge is -2.35. The summed E-state index contributed by atoms with van der Waals surface area (Å²) in [5, 5.41) is 2.88. The Kier molecular flexibility index (Phi) is 6.63. The number of halogens is 4. The van der Waals surface area contributed by atoms with Crippen LogP contribution in [0, 0.1) is 5.82 Å². The number of benzene rings is 2. The van der Waals surface area contributed by atoms with Gasteiger partial charge in [0, 0.05) is 42.4 Å². The van der Waals surface area contributed by atoms with Crippen LogP contribution in [0.5, 0.6) is 0 Å². The molecule has 0 radical (unpaired) electrons. The van der Waals surface area contributed by atoms with Gasteiger partial charge in [-0.15, -0.1) is 0 Å². The van der Waals surface area contributed by atoms with Crippen LogP contribution < -0.4 is 10.0 Å². The fourth-order valence-electron chi connectivity index (χ4n) is 4.02. The summed E-state index contributed by atoms with van der Waals surface area (Å²) in [6.07, 6.45) is 0.951. The molecule has 1 aromatic heterocycles. The Bertz CT molecular complexity index is 1400. The second-order valence-electron chi connectivity index (χ2n) is 8.61. The van der Waals surface area contributed by atoms with Crippen LogP contribution in [0.25, 0.3) is 11.3 Å². The largest absolute Gasteiger partial charge is 0.350 e. The molecule has 0 bridgehead atoms. The molecule has 4 rings (SSSR count). The van der Waals surface area contributed by atoms with Gasteiger partial charge in [0.05, 0.1) is 22.7 Å². The van der Waals surface area contributed by atoms with Gasteiger partial charge in [0.25, 0.3) is 5.91 Å². The molecule has 1 heterocycles. The van der Waals surface area contributed by atoms with Gasteiger partial charge >= 0.3 is 0 Å². The first-order chi connectivity index (χ1) is 16.4. The summed E-state index contributed by atoms with van der Waals surface area (Å²) < 4.78 is 68.8.